The Labute approximate surface area is 516 Å². The Balaban J connectivity index is 0.998. The van der Waals surface area contributed by atoms with Crippen molar-refractivity contribution >= 4 is 43.6 Å². The second kappa shape index (κ2) is 21.9. The maximum atomic E-state index is 11.1. The first kappa shape index (κ1) is 55.1. The Morgan fingerprint density at radius 2 is 0.910 bits per heavy atom. The number of nitriles is 4. The van der Waals surface area contributed by atoms with Crippen molar-refractivity contribution in [3.05, 3.63) is 262 Å². The van der Waals surface area contributed by atoms with E-state index in [9.17, 15) is 21.0 Å². The summed E-state index contributed by atoms with van der Waals surface area (Å²) in [6.45, 7) is 15.3. The summed E-state index contributed by atoms with van der Waals surface area (Å²) in [4.78, 5) is 16.9. The van der Waals surface area contributed by atoms with Gasteiger partial charge in [0.25, 0.3) is 0 Å². The topological polar surface area (TPSA) is 157 Å². The van der Waals surface area contributed by atoms with Gasteiger partial charge in [0.05, 0.1) is 44.6 Å². The predicted molar refractivity (Wildman–Crippen MR) is 356 cm³/mol. The third kappa shape index (κ3) is 9.40. The minimum absolute atomic E-state index is 0.0778. The Hall–Kier alpha value is -11.8. The molecule has 0 saturated carbocycles. The minimum Gasteiger partial charge on any atom is -0.308 e. The fourth-order valence-corrected chi connectivity index (χ4v) is 13.7. The highest BCUT2D eigenvalue weighted by atomic mass is 15.0. The van der Waals surface area contributed by atoms with Crippen LogP contribution in [-0.4, -0.2) is 29.1 Å². The largest absolute Gasteiger partial charge is 0.308 e. The lowest BCUT2D eigenvalue weighted by molar-refractivity contribution is 0.606. The van der Waals surface area contributed by atoms with E-state index in [0.29, 0.717) is 28.2 Å². The summed E-state index contributed by atoms with van der Waals surface area (Å²) in [6, 6.07) is 65.7. The van der Waals surface area contributed by atoms with Gasteiger partial charge in [-0.3, -0.25) is 0 Å². The summed E-state index contributed by atoms with van der Waals surface area (Å²) in [5, 5.41) is 45.3. The maximum absolute atomic E-state index is 11.1. The van der Waals surface area contributed by atoms with Gasteiger partial charge in [-0.25, -0.2) is 19.9 Å². The molecule has 0 saturated heterocycles. The van der Waals surface area contributed by atoms with E-state index in [1.54, 1.807) is 24.8 Å². The van der Waals surface area contributed by atoms with Gasteiger partial charge in [0.15, 0.2) is 0 Å². The molecule has 0 amide bonds. The lowest BCUT2D eigenvalue weighted by Gasteiger charge is -2.26. The van der Waals surface area contributed by atoms with Gasteiger partial charge >= 0.3 is 0 Å². The summed E-state index contributed by atoms with van der Waals surface area (Å²) in [5.74, 6) is 0.636. The number of hydrogen-bond acceptors (Lipinski definition) is 8. The molecular weight excluding hydrogens is 1090 g/mol. The van der Waals surface area contributed by atoms with Crippen LogP contribution in [0.5, 0.6) is 0 Å². The highest BCUT2D eigenvalue weighted by molar-refractivity contribution is 6.15. The fourth-order valence-electron chi connectivity index (χ4n) is 13.7. The van der Waals surface area contributed by atoms with Gasteiger partial charge in [0.1, 0.15) is 24.3 Å². The monoisotopic (exact) mass is 1140 g/mol. The molecule has 9 aromatic carbocycles. The summed E-state index contributed by atoms with van der Waals surface area (Å²) < 4.78 is 4.50. The molecule has 0 aliphatic heterocycles. The highest BCUT2D eigenvalue weighted by Crippen LogP contribution is 2.47. The standard InChI is InChI=1S/C79H56N10/c1-45-14-21-61(49(5)28-45)54-20-27-73-69(32-54)70-35-67(62-22-15-46(2)29-50(62)6)68(36-76(70)88(73)71-25-18-52(30-57(71)37-80)59-41-84-77(39-82)85-42-59)64-13-9-12-63(51(64)7)55-16-23-65-66-24-17-56(79-47(3)10-8-11-48(79)4)34-75(66)89(74(65)33-55)72-26-19-53(31-58(72)38-81)60-43-86-78(40-83)87-44-60/h8-36,41-44,47,79H,1-7H3. The average Bonchev–Trinajstić information content (AvgIpc) is 1.62. The molecule has 10 heteroatoms. The molecule has 13 aromatic rings. The quantitative estimate of drug-likeness (QED) is 0.138. The molecule has 2 atom stereocenters. The van der Waals surface area contributed by atoms with Gasteiger partial charge in [0, 0.05) is 63.4 Å². The van der Waals surface area contributed by atoms with Crippen LogP contribution in [-0.2, 0) is 0 Å². The number of hydrogen-bond donors (Lipinski definition) is 0. The van der Waals surface area contributed by atoms with Gasteiger partial charge in [-0.1, -0.05) is 139 Å². The lowest BCUT2D eigenvalue weighted by Crippen LogP contribution is -2.12. The fraction of sp³-hybridized carbons (Fsp3) is 0.114. The second-order valence-electron chi connectivity index (χ2n) is 23.6. The molecule has 4 heterocycles. The molecule has 0 spiro atoms. The smallest absolute Gasteiger partial charge is 0.232 e. The van der Waals surface area contributed by atoms with E-state index >= 15 is 0 Å². The zero-order chi connectivity index (χ0) is 61.4. The highest BCUT2D eigenvalue weighted by Gasteiger charge is 2.26. The van der Waals surface area contributed by atoms with Gasteiger partial charge in [-0.05, 0) is 186 Å². The Kier molecular flexibility index (Phi) is 13.6. The van der Waals surface area contributed by atoms with E-state index < -0.39 is 0 Å². The molecule has 14 rings (SSSR count). The van der Waals surface area contributed by atoms with Gasteiger partial charge < -0.3 is 9.13 Å². The van der Waals surface area contributed by atoms with Gasteiger partial charge in [-0.15, -0.1) is 0 Å². The molecule has 10 nitrogen and oxygen atoms in total. The van der Waals surface area contributed by atoms with Crippen molar-refractivity contribution in [3.63, 3.8) is 0 Å². The van der Waals surface area contributed by atoms with E-state index in [2.05, 4.69) is 229 Å². The molecule has 4 aromatic heterocycles. The van der Waals surface area contributed by atoms with Gasteiger partial charge in [0.2, 0.25) is 11.6 Å². The number of nitrogens with zero attached hydrogens (tertiary/aromatic N) is 10. The van der Waals surface area contributed by atoms with Crippen LogP contribution in [0.1, 0.15) is 75.9 Å². The van der Waals surface area contributed by atoms with E-state index in [-0.39, 0.29) is 17.6 Å². The molecular formula is C79H56N10. The van der Waals surface area contributed by atoms with Crippen LogP contribution < -0.4 is 0 Å². The van der Waals surface area contributed by atoms with Crippen LogP contribution in [0.4, 0.5) is 0 Å². The Morgan fingerprint density at radius 1 is 0.393 bits per heavy atom. The van der Waals surface area contributed by atoms with E-state index in [4.69, 9.17) is 0 Å². The first-order chi connectivity index (χ1) is 43.3. The van der Waals surface area contributed by atoms with Crippen LogP contribution in [0.25, 0.3) is 122 Å². The molecule has 1 aliphatic rings. The zero-order valence-electron chi connectivity index (χ0n) is 50.2. The number of rotatable bonds is 9. The van der Waals surface area contributed by atoms with E-state index in [1.807, 2.05) is 48.5 Å². The van der Waals surface area contributed by atoms with Crippen molar-refractivity contribution < 1.29 is 0 Å². The Bertz CT molecular complexity index is 5390. The molecule has 0 fully saturated rings. The Morgan fingerprint density at radius 3 is 1.51 bits per heavy atom. The minimum atomic E-state index is 0.0778. The molecule has 2 unspecified atom stereocenters. The SMILES string of the molecule is CC1=CC=CC(C)C1c1ccc2c3ccc(-c4cccc(-c5cc6c(cc5-c5ccc(C)cc5C)c5cc(-c7ccc(C)cc7C)ccc5n6-c5ccc(-c6cnc(C#N)nc6)cc5C#N)c4C)cc3n(-c3ccc(-c4cnc(C#N)nc4)cc3C#N)c2c1. The first-order valence-electron chi connectivity index (χ1n) is 29.7. The molecule has 89 heavy (non-hydrogen) atoms. The second-order valence-corrected chi connectivity index (χ2v) is 23.6. The zero-order valence-corrected chi connectivity index (χ0v) is 50.2. The number of allylic oxidation sites excluding steroid dienone is 4. The van der Waals surface area contributed by atoms with Gasteiger partial charge in [-0.2, -0.15) is 21.0 Å². The summed E-state index contributed by atoms with van der Waals surface area (Å²) in [7, 11) is 0. The van der Waals surface area contributed by atoms with Crippen LogP contribution in [0.15, 0.2) is 206 Å². The molecule has 0 N–H and O–H groups in total. The summed E-state index contributed by atoms with van der Waals surface area (Å²) >= 11 is 0. The van der Waals surface area contributed by atoms with Crippen LogP contribution in [0.2, 0.25) is 0 Å². The van der Waals surface area contributed by atoms with Crippen LogP contribution in [0.3, 0.4) is 0 Å². The molecule has 0 radical (unpaired) electrons. The average molecular weight is 1150 g/mol. The summed E-state index contributed by atoms with van der Waals surface area (Å²) in [6.07, 6.45) is 13.1. The van der Waals surface area contributed by atoms with Crippen molar-refractivity contribution in [2.45, 2.75) is 54.4 Å². The van der Waals surface area contributed by atoms with Crippen molar-refractivity contribution in [1.29, 1.82) is 21.0 Å². The third-order valence-electron chi connectivity index (χ3n) is 18.0. The van der Waals surface area contributed by atoms with Crippen molar-refractivity contribution in [2.75, 3.05) is 0 Å². The van der Waals surface area contributed by atoms with Crippen molar-refractivity contribution in [2.24, 2.45) is 5.92 Å². The van der Waals surface area contributed by atoms with Crippen molar-refractivity contribution in [3.8, 4) is 102 Å². The number of fused-ring (bicyclic) bond motifs is 6. The molecule has 422 valence electrons. The number of aromatic nitrogens is 6. The third-order valence-corrected chi connectivity index (χ3v) is 18.0. The lowest BCUT2D eigenvalue weighted by atomic mass is 9.79. The number of aryl methyl sites for hydroxylation is 4. The molecule has 1 aliphatic carbocycles. The van der Waals surface area contributed by atoms with Crippen LogP contribution >= 0.6 is 0 Å². The van der Waals surface area contributed by atoms with E-state index in [1.165, 1.54) is 27.8 Å². The first-order valence-corrected chi connectivity index (χ1v) is 29.7. The normalized spacial score (nSPS) is 13.8. The number of benzene rings is 9. The maximum Gasteiger partial charge on any atom is 0.232 e. The summed E-state index contributed by atoms with van der Waals surface area (Å²) in [5.41, 5.74) is 26.2. The van der Waals surface area contributed by atoms with E-state index in [0.717, 1.165) is 122 Å². The van der Waals surface area contributed by atoms with Crippen molar-refractivity contribution in [1.82, 2.24) is 29.1 Å². The predicted octanol–water partition coefficient (Wildman–Crippen LogP) is 18.7. The van der Waals surface area contributed by atoms with Crippen LogP contribution in [0, 0.1) is 85.9 Å². The molecule has 0 bridgehead atoms.